The standard InChI is InChI=1S/C9H22N.CHF3O3S/c1-6-10(7-2,8-3)9(4)5;2-1(3,4)8(5,6)7/h9H,6-8H2,1-5H3;(H,5,6,7)/q+1;/p-1. The lowest BCUT2D eigenvalue weighted by Crippen LogP contribution is -2.52. The average molecular weight is 293 g/mol. The lowest BCUT2D eigenvalue weighted by molar-refractivity contribution is -0.943. The molecule has 0 aromatic rings. The van der Waals surface area contributed by atoms with E-state index in [0.29, 0.717) is 0 Å². The number of halogens is 3. The van der Waals surface area contributed by atoms with Gasteiger partial charge in [0, 0.05) is 0 Å². The third-order valence-corrected chi connectivity index (χ3v) is 3.84. The number of quaternary nitrogens is 1. The molecule has 0 aliphatic rings. The highest BCUT2D eigenvalue weighted by Gasteiger charge is 2.36. The fourth-order valence-electron chi connectivity index (χ4n) is 1.77. The molecule has 4 nitrogen and oxygen atoms in total. The van der Waals surface area contributed by atoms with Gasteiger partial charge in [0.25, 0.3) is 0 Å². The third kappa shape index (κ3) is 6.01. The maximum atomic E-state index is 10.7. The van der Waals surface area contributed by atoms with Crippen LogP contribution in [-0.2, 0) is 10.1 Å². The molecular weight excluding hydrogens is 271 g/mol. The fourth-order valence-corrected chi connectivity index (χ4v) is 1.77. The van der Waals surface area contributed by atoms with Crippen molar-refractivity contribution in [3.05, 3.63) is 0 Å². The summed E-state index contributed by atoms with van der Waals surface area (Å²) in [4.78, 5) is 0. The van der Waals surface area contributed by atoms with Crippen molar-refractivity contribution in [2.24, 2.45) is 0 Å². The van der Waals surface area contributed by atoms with Gasteiger partial charge in [-0.05, 0) is 34.6 Å². The minimum absolute atomic E-state index is 0.778. The molecule has 0 fully saturated rings. The van der Waals surface area contributed by atoms with E-state index in [2.05, 4.69) is 34.6 Å². The van der Waals surface area contributed by atoms with E-state index in [9.17, 15) is 13.2 Å². The second kappa shape index (κ2) is 7.30. The molecule has 0 saturated carbocycles. The Balaban J connectivity index is 0. The molecule has 18 heavy (non-hydrogen) atoms. The summed E-state index contributed by atoms with van der Waals surface area (Å²) in [5.74, 6) is 0. The van der Waals surface area contributed by atoms with Gasteiger partial charge in [-0.1, -0.05) is 0 Å². The summed E-state index contributed by atoms with van der Waals surface area (Å²) in [6.07, 6.45) is 0. The van der Waals surface area contributed by atoms with Crippen LogP contribution in [0.3, 0.4) is 0 Å². The summed E-state index contributed by atoms with van der Waals surface area (Å²) in [7, 11) is -6.09. The van der Waals surface area contributed by atoms with Crippen molar-refractivity contribution in [2.45, 2.75) is 46.2 Å². The summed E-state index contributed by atoms with van der Waals surface area (Å²) in [6, 6.07) is 0.778. The second-order valence-corrected chi connectivity index (χ2v) is 5.53. The summed E-state index contributed by atoms with van der Waals surface area (Å²) in [5, 5.41) is 0. The zero-order valence-corrected chi connectivity index (χ0v) is 12.2. The molecular formula is C10H22F3NO3S. The number of rotatable bonds is 4. The van der Waals surface area contributed by atoms with E-state index >= 15 is 0 Å². The highest BCUT2D eigenvalue weighted by atomic mass is 32.2. The summed E-state index contributed by atoms with van der Waals surface area (Å²) < 4.78 is 60.2. The van der Waals surface area contributed by atoms with Crippen molar-refractivity contribution in [3.8, 4) is 0 Å². The van der Waals surface area contributed by atoms with Crippen LogP contribution in [0.5, 0.6) is 0 Å². The topological polar surface area (TPSA) is 57.2 Å². The predicted molar refractivity (Wildman–Crippen MR) is 62.8 cm³/mol. The van der Waals surface area contributed by atoms with Crippen LogP contribution in [-0.4, -0.2) is 48.6 Å². The molecule has 0 aromatic heterocycles. The van der Waals surface area contributed by atoms with Gasteiger partial charge in [-0.2, -0.15) is 13.2 Å². The van der Waals surface area contributed by atoms with Gasteiger partial charge in [0.15, 0.2) is 10.1 Å². The van der Waals surface area contributed by atoms with Crippen LogP contribution in [0.1, 0.15) is 34.6 Å². The van der Waals surface area contributed by atoms with Gasteiger partial charge in [-0.3, -0.25) is 0 Å². The zero-order valence-electron chi connectivity index (χ0n) is 11.4. The van der Waals surface area contributed by atoms with E-state index in [4.69, 9.17) is 13.0 Å². The van der Waals surface area contributed by atoms with Crippen molar-refractivity contribution in [1.29, 1.82) is 0 Å². The first kappa shape index (κ1) is 20.0. The Labute approximate surface area is 107 Å². The Hall–Kier alpha value is -0.340. The second-order valence-electron chi connectivity index (χ2n) is 4.16. The fraction of sp³-hybridized carbons (Fsp3) is 1.00. The smallest absolute Gasteiger partial charge is 0.485 e. The molecule has 0 aliphatic heterocycles. The van der Waals surface area contributed by atoms with Crippen LogP contribution in [0.15, 0.2) is 0 Å². The molecule has 0 unspecified atom stereocenters. The molecule has 0 radical (unpaired) electrons. The van der Waals surface area contributed by atoms with E-state index < -0.39 is 15.6 Å². The number of nitrogens with zero attached hydrogens (tertiary/aromatic N) is 1. The summed E-state index contributed by atoms with van der Waals surface area (Å²) in [6.45, 7) is 15.3. The molecule has 0 rings (SSSR count). The van der Waals surface area contributed by atoms with Gasteiger partial charge in [0.2, 0.25) is 0 Å². The Bertz CT molecular complexity index is 313. The van der Waals surface area contributed by atoms with E-state index in [1.165, 1.54) is 24.1 Å². The minimum atomic E-state index is -6.09. The van der Waals surface area contributed by atoms with Gasteiger partial charge in [0.05, 0.1) is 25.7 Å². The van der Waals surface area contributed by atoms with Crippen molar-refractivity contribution >= 4 is 10.1 Å². The molecule has 0 spiro atoms. The van der Waals surface area contributed by atoms with E-state index in [1.807, 2.05) is 0 Å². The lowest BCUT2D eigenvalue weighted by atomic mass is 10.2. The van der Waals surface area contributed by atoms with Crippen molar-refractivity contribution in [1.82, 2.24) is 0 Å². The van der Waals surface area contributed by atoms with E-state index in [-0.39, 0.29) is 0 Å². The van der Waals surface area contributed by atoms with Crippen molar-refractivity contribution in [3.63, 3.8) is 0 Å². The Kier molecular flexibility index (Phi) is 8.10. The minimum Gasteiger partial charge on any atom is -0.741 e. The van der Waals surface area contributed by atoms with Crippen LogP contribution in [0.4, 0.5) is 13.2 Å². The number of alkyl halides is 3. The van der Waals surface area contributed by atoms with Crippen LogP contribution >= 0.6 is 0 Å². The van der Waals surface area contributed by atoms with Gasteiger partial charge in [-0.15, -0.1) is 0 Å². The molecule has 0 bridgehead atoms. The van der Waals surface area contributed by atoms with Crippen molar-refractivity contribution < 1.29 is 30.6 Å². The number of hydrogen-bond acceptors (Lipinski definition) is 3. The lowest BCUT2D eigenvalue weighted by Gasteiger charge is -2.39. The molecule has 0 aliphatic carbocycles. The molecule has 0 heterocycles. The summed E-state index contributed by atoms with van der Waals surface area (Å²) >= 11 is 0. The number of hydrogen-bond donors (Lipinski definition) is 0. The van der Waals surface area contributed by atoms with Gasteiger partial charge in [0.1, 0.15) is 0 Å². The van der Waals surface area contributed by atoms with E-state index in [1.54, 1.807) is 0 Å². The molecule has 0 atom stereocenters. The van der Waals surface area contributed by atoms with Crippen LogP contribution < -0.4 is 0 Å². The predicted octanol–water partition coefficient (Wildman–Crippen LogP) is 2.32. The van der Waals surface area contributed by atoms with Crippen LogP contribution in [0.25, 0.3) is 0 Å². The molecule has 0 amide bonds. The molecule has 0 aromatic carbocycles. The highest BCUT2D eigenvalue weighted by molar-refractivity contribution is 7.86. The normalized spacial score (nSPS) is 13.2. The first-order chi connectivity index (χ1) is 7.88. The molecule has 8 heteroatoms. The Morgan fingerprint density at radius 1 is 1.06 bits per heavy atom. The highest BCUT2D eigenvalue weighted by Crippen LogP contribution is 2.20. The maximum absolute atomic E-state index is 10.7. The zero-order chi connectivity index (χ0) is 15.2. The van der Waals surface area contributed by atoms with Gasteiger partial charge in [-0.25, -0.2) is 8.42 Å². The Morgan fingerprint density at radius 2 is 1.28 bits per heavy atom. The largest absolute Gasteiger partial charge is 0.741 e. The molecule has 112 valence electrons. The SMILES string of the molecule is CC[N+](CC)(CC)C(C)C.O=S(=O)([O-])C(F)(F)F. The Morgan fingerprint density at radius 3 is 1.28 bits per heavy atom. The first-order valence-corrected chi connectivity index (χ1v) is 7.16. The van der Waals surface area contributed by atoms with Crippen molar-refractivity contribution in [2.75, 3.05) is 19.6 Å². The summed E-state index contributed by atoms with van der Waals surface area (Å²) in [5.41, 5.74) is -5.65. The quantitative estimate of drug-likeness (QED) is 0.454. The third-order valence-electron chi connectivity index (χ3n) is 3.27. The van der Waals surface area contributed by atoms with Crippen LogP contribution in [0.2, 0.25) is 0 Å². The first-order valence-electron chi connectivity index (χ1n) is 5.75. The van der Waals surface area contributed by atoms with Crippen LogP contribution in [0, 0.1) is 0 Å². The van der Waals surface area contributed by atoms with Gasteiger partial charge < -0.3 is 9.04 Å². The molecule has 0 saturated heterocycles. The van der Waals surface area contributed by atoms with E-state index in [0.717, 1.165) is 6.04 Å². The maximum Gasteiger partial charge on any atom is 0.485 e. The molecule has 0 N–H and O–H groups in total. The monoisotopic (exact) mass is 293 g/mol. The average Bonchev–Trinajstić information content (AvgIpc) is 2.18. The van der Waals surface area contributed by atoms with Gasteiger partial charge >= 0.3 is 5.51 Å².